The Hall–Kier alpha value is -2.24. The number of benzene rings is 1. The van der Waals surface area contributed by atoms with Crippen LogP contribution in [0.1, 0.15) is 37.0 Å². The molecule has 1 amide bonds. The number of sulfonamides is 1. The molecule has 0 fully saturated rings. The molecule has 1 aromatic heterocycles. The van der Waals surface area contributed by atoms with Crippen LogP contribution in [0.15, 0.2) is 23.1 Å². The summed E-state index contributed by atoms with van der Waals surface area (Å²) < 4.78 is 34.9. The molecular weight excluding hydrogens is 390 g/mol. The average Bonchev–Trinajstić information content (AvgIpc) is 2.97. The number of hydrogen-bond donors (Lipinski definition) is 3. The molecule has 1 aromatic carbocycles. The highest BCUT2D eigenvalue weighted by atomic mass is 32.2. The van der Waals surface area contributed by atoms with Gasteiger partial charge in [-0.1, -0.05) is 0 Å². The minimum absolute atomic E-state index is 0.0948. The van der Waals surface area contributed by atoms with Gasteiger partial charge in [-0.3, -0.25) is 9.89 Å². The van der Waals surface area contributed by atoms with E-state index in [-0.39, 0.29) is 28.8 Å². The maximum absolute atomic E-state index is 12.5. The number of ether oxygens (including phenoxy) is 1. The van der Waals surface area contributed by atoms with Crippen molar-refractivity contribution in [1.29, 1.82) is 0 Å². The van der Waals surface area contributed by atoms with Crippen LogP contribution in [-0.4, -0.2) is 42.2 Å². The van der Waals surface area contributed by atoms with Gasteiger partial charge in [0, 0.05) is 18.2 Å². The van der Waals surface area contributed by atoms with E-state index >= 15 is 0 Å². The van der Waals surface area contributed by atoms with Crippen molar-refractivity contribution in [3.63, 3.8) is 0 Å². The van der Waals surface area contributed by atoms with Gasteiger partial charge in [-0.05, 0) is 51.2 Å². The lowest BCUT2D eigenvalue weighted by Crippen LogP contribution is -2.31. The maximum Gasteiger partial charge on any atom is 0.251 e. The van der Waals surface area contributed by atoms with Crippen LogP contribution < -0.4 is 14.8 Å². The first-order valence-electron chi connectivity index (χ1n) is 8.32. The Morgan fingerprint density at radius 2 is 2.11 bits per heavy atom. The molecule has 0 saturated carbocycles. The molecule has 148 valence electrons. The molecule has 0 spiro atoms. The highest BCUT2D eigenvalue weighted by Gasteiger charge is 2.22. The van der Waals surface area contributed by atoms with Crippen molar-refractivity contribution in [3.8, 4) is 5.75 Å². The van der Waals surface area contributed by atoms with Gasteiger partial charge in [-0.15, -0.1) is 0 Å². The van der Waals surface area contributed by atoms with Crippen LogP contribution in [0.3, 0.4) is 0 Å². The minimum atomic E-state index is -3.82. The molecule has 9 nitrogen and oxygen atoms in total. The van der Waals surface area contributed by atoms with E-state index in [9.17, 15) is 13.2 Å². The van der Waals surface area contributed by atoms with Crippen LogP contribution in [0, 0.1) is 4.77 Å². The number of carbonyl (C=O) groups is 1. The smallest absolute Gasteiger partial charge is 0.251 e. The second kappa shape index (κ2) is 8.63. The third kappa shape index (κ3) is 4.93. The van der Waals surface area contributed by atoms with E-state index in [1.165, 1.54) is 25.3 Å². The van der Waals surface area contributed by atoms with E-state index in [1.54, 1.807) is 18.4 Å². The summed E-state index contributed by atoms with van der Waals surface area (Å²) in [6.07, 6.45) is 0. The number of rotatable bonds is 8. The standard InChI is InChI=1S/C16H23N5O4S2/c1-5-21-14(18-19-16(21)26)9-17-15(22)11-6-7-12(25-4)13(8-11)27(23,24)20-10(2)3/h6-8,10,20H,5,9H2,1-4H3,(H,17,22)(H,19,26). The number of amides is 1. The summed E-state index contributed by atoms with van der Waals surface area (Å²) in [6, 6.07) is 3.94. The second-order valence-electron chi connectivity index (χ2n) is 6.01. The molecule has 0 aliphatic carbocycles. The fourth-order valence-corrected chi connectivity index (χ4v) is 4.20. The van der Waals surface area contributed by atoms with Gasteiger partial charge in [0.25, 0.3) is 5.91 Å². The topological polar surface area (TPSA) is 118 Å². The molecular formula is C16H23N5O4S2. The van der Waals surface area contributed by atoms with Gasteiger partial charge in [0.2, 0.25) is 10.0 Å². The average molecular weight is 414 g/mol. The van der Waals surface area contributed by atoms with Gasteiger partial charge in [0.15, 0.2) is 10.6 Å². The number of methoxy groups -OCH3 is 1. The van der Waals surface area contributed by atoms with E-state index in [1.807, 2.05) is 6.92 Å². The summed E-state index contributed by atoms with van der Waals surface area (Å²) in [5.74, 6) is 0.306. The van der Waals surface area contributed by atoms with Gasteiger partial charge in [-0.25, -0.2) is 13.1 Å². The van der Waals surface area contributed by atoms with Gasteiger partial charge < -0.3 is 14.6 Å². The minimum Gasteiger partial charge on any atom is -0.495 e. The van der Waals surface area contributed by atoms with Crippen LogP contribution in [-0.2, 0) is 23.1 Å². The van der Waals surface area contributed by atoms with Crippen LogP contribution >= 0.6 is 12.2 Å². The molecule has 0 aliphatic rings. The summed E-state index contributed by atoms with van der Waals surface area (Å²) in [6.45, 7) is 6.10. The number of carbonyl (C=O) groups excluding carboxylic acids is 1. The van der Waals surface area contributed by atoms with Gasteiger partial charge in [-0.2, -0.15) is 5.10 Å². The van der Waals surface area contributed by atoms with Gasteiger partial charge in [0.1, 0.15) is 10.6 Å². The third-order valence-electron chi connectivity index (χ3n) is 3.67. The summed E-state index contributed by atoms with van der Waals surface area (Å²) in [5.41, 5.74) is 0.192. The SMILES string of the molecule is CCn1c(CNC(=O)c2ccc(OC)c(S(=O)(=O)NC(C)C)c2)n[nH]c1=S. The predicted octanol–water partition coefficient (Wildman–Crippen LogP) is 1.59. The zero-order valence-corrected chi connectivity index (χ0v) is 17.2. The molecule has 2 aromatic rings. The van der Waals surface area contributed by atoms with Crippen LogP contribution in [0.4, 0.5) is 0 Å². The Balaban J connectivity index is 2.26. The highest BCUT2D eigenvalue weighted by molar-refractivity contribution is 7.89. The summed E-state index contributed by atoms with van der Waals surface area (Å²) in [7, 11) is -2.45. The van der Waals surface area contributed by atoms with Crippen molar-refractivity contribution >= 4 is 28.1 Å². The Labute approximate surface area is 163 Å². The maximum atomic E-state index is 12.5. The van der Waals surface area contributed by atoms with Crippen LogP contribution in [0.2, 0.25) is 0 Å². The molecule has 1 heterocycles. The third-order valence-corrected chi connectivity index (χ3v) is 5.66. The largest absolute Gasteiger partial charge is 0.495 e. The van der Waals surface area contributed by atoms with E-state index in [2.05, 4.69) is 20.2 Å². The first kappa shape index (κ1) is 21.1. The molecule has 0 aliphatic heterocycles. The van der Waals surface area contributed by atoms with Crippen LogP contribution in [0.5, 0.6) is 5.75 Å². The molecule has 0 atom stereocenters. The summed E-state index contributed by atoms with van der Waals surface area (Å²) >= 11 is 5.11. The van der Waals surface area contributed by atoms with Gasteiger partial charge in [0.05, 0.1) is 13.7 Å². The molecule has 0 saturated heterocycles. The van der Waals surface area contributed by atoms with Crippen molar-refractivity contribution in [3.05, 3.63) is 34.4 Å². The highest BCUT2D eigenvalue weighted by Crippen LogP contribution is 2.25. The lowest BCUT2D eigenvalue weighted by Gasteiger charge is -2.14. The van der Waals surface area contributed by atoms with Crippen molar-refractivity contribution < 1.29 is 17.9 Å². The Bertz CT molecular complexity index is 979. The zero-order chi connectivity index (χ0) is 20.2. The van der Waals surface area contributed by atoms with Crippen molar-refractivity contribution in [1.82, 2.24) is 24.8 Å². The normalized spacial score (nSPS) is 11.6. The predicted molar refractivity (Wildman–Crippen MR) is 103 cm³/mol. The van der Waals surface area contributed by atoms with Gasteiger partial charge >= 0.3 is 0 Å². The lowest BCUT2D eigenvalue weighted by atomic mass is 10.2. The molecule has 11 heteroatoms. The van der Waals surface area contributed by atoms with E-state index in [4.69, 9.17) is 17.0 Å². The van der Waals surface area contributed by atoms with E-state index in [0.29, 0.717) is 17.1 Å². The number of nitrogens with zero attached hydrogens (tertiary/aromatic N) is 2. The van der Waals surface area contributed by atoms with Crippen molar-refractivity contribution in [2.24, 2.45) is 0 Å². The fourth-order valence-electron chi connectivity index (χ4n) is 2.47. The Morgan fingerprint density at radius 1 is 1.41 bits per heavy atom. The van der Waals surface area contributed by atoms with Crippen LogP contribution in [0.25, 0.3) is 0 Å². The number of hydrogen-bond acceptors (Lipinski definition) is 6. The lowest BCUT2D eigenvalue weighted by molar-refractivity contribution is 0.0949. The monoisotopic (exact) mass is 413 g/mol. The quantitative estimate of drug-likeness (QED) is 0.566. The molecule has 0 bridgehead atoms. The summed E-state index contributed by atoms with van der Waals surface area (Å²) in [4.78, 5) is 12.4. The fraction of sp³-hybridized carbons (Fsp3) is 0.438. The Kier molecular flexibility index (Phi) is 6.73. The molecule has 3 N–H and O–H groups in total. The number of aromatic amines is 1. The van der Waals surface area contributed by atoms with Crippen molar-refractivity contribution in [2.75, 3.05) is 7.11 Å². The molecule has 0 radical (unpaired) electrons. The first-order valence-corrected chi connectivity index (χ1v) is 10.2. The number of H-pyrrole nitrogens is 1. The van der Waals surface area contributed by atoms with E-state index in [0.717, 1.165) is 0 Å². The number of aromatic nitrogens is 3. The summed E-state index contributed by atoms with van der Waals surface area (Å²) in [5, 5.41) is 9.46. The van der Waals surface area contributed by atoms with E-state index < -0.39 is 15.9 Å². The number of nitrogens with one attached hydrogen (secondary N) is 3. The molecule has 2 rings (SSSR count). The first-order chi connectivity index (χ1) is 12.7. The zero-order valence-electron chi connectivity index (χ0n) is 15.6. The van der Waals surface area contributed by atoms with Crippen molar-refractivity contribution in [2.45, 2.75) is 44.8 Å². The molecule has 27 heavy (non-hydrogen) atoms. The second-order valence-corrected chi connectivity index (χ2v) is 8.08. The Morgan fingerprint density at radius 3 is 2.70 bits per heavy atom. The molecule has 0 unspecified atom stereocenters.